The molecule has 0 N–H and O–H groups in total. The Kier molecular flexibility index (Phi) is 5.48. The number of aryl methyl sites for hydroxylation is 1. The zero-order valence-corrected chi connectivity index (χ0v) is 10.9. The van der Waals surface area contributed by atoms with Gasteiger partial charge in [-0.05, 0) is 25.5 Å². The van der Waals surface area contributed by atoms with Gasteiger partial charge in [-0.2, -0.15) is 0 Å². The fourth-order valence-electron chi connectivity index (χ4n) is 1.57. The van der Waals surface area contributed by atoms with E-state index in [-0.39, 0.29) is 0 Å². The molecule has 0 spiro atoms. The van der Waals surface area contributed by atoms with Crippen molar-refractivity contribution in [3.05, 3.63) is 29.8 Å². The Labute approximate surface area is 104 Å². The van der Waals surface area contributed by atoms with E-state index in [2.05, 4.69) is 0 Å². The highest BCUT2D eigenvalue weighted by Gasteiger charge is 2.25. The van der Waals surface area contributed by atoms with Crippen molar-refractivity contribution in [1.82, 2.24) is 0 Å². The summed E-state index contributed by atoms with van der Waals surface area (Å²) in [6, 6.07) is 7.16. The molecular weight excluding hydrogens is 239 g/mol. The minimum Gasteiger partial charge on any atom is -0.295 e. The Balaban J connectivity index is 2.91. The minimum atomic E-state index is -1.45. The molecule has 2 atom stereocenters. The van der Waals surface area contributed by atoms with E-state index < -0.39 is 28.5 Å². The van der Waals surface area contributed by atoms with Gasteiger partial charge in [0.05, 0.1) is 10.8 Å². The second-order valence-corrected chi connectivity index (χ2v) is 5.62. The SMILES string of the molecule is CCC[C@@H](C(=O)CF)S(=O)c1ccc(C)cc1. The highest BCUT2D eigenvalue weighted by molar-refractivity contribution is 7.86. The van der Waals surface area contributed by atoms with Gasteiger partial charge in [0, 0.05) is 4.90 Å². The molecule has 0 saturated heterocycles. The van der Waals surface area contributed by atoms with E-state index in [1.165, 1.54) is 0 Å². The molecule has 0 saturated carbocycles. The van der Waals surface area contributed by atoms with Crippen LogP contribution < -0.4 is 0 Å². The minimum absolute atomic E-state index is 0.462. The Morgan fingerprint density at radius 2 is 1.94 bits per heavy atom. The van der Waals surface area contributed by atoms with Gasteiger partial charge in [-0.15, -0.1) is 0 Å². The topological polar surface area (TPSA) is 34.1 Å². The Morgan fingerprint density at radius 3 is 2.41 bits per heavy atom. The Hall–Kier alpha value is -1.03. The third-order valence-corrected chi connectivity index (χ3v) is 4.31. The summed E-state index contributed by atoms with van der Waals surface area (Å²) in [4.78, 5) is 12.0. The molecule has 0 fully saturated rings. The number of rotatable bonds is 6. The fraction of sp³-hybridized carbons (Fsp3) is 0.462. The van der Waals surface area contributed by atoms with Crippen LogP contribution in [0.25, 0.3) is 0 Å². The van der Waals surface area contributed by atoms with Crippen LogP contribution in [0.2, 0.25) is 0 Å². The first-order valence-electron chi connectivity index (χ1n) is 5.66. The van der Waals surface area contributed by atoms with Gasteiger partial charge >= 0.3 is 0 Å². The van der Waals surface area contributed by atoms with Crippen LogP contribution in [0.5, 0.6) is 0 Å². The molecular formula is C13H17FO2S. The van der Waals surface area contributed by atoms with Crippen LogP contribution in [-0.4, -0.2) is 21.9 Å². The fourth-order valence-corrected chi connectivity index (χ4v) is 3.06. The first-order valence-corrected chi connectivity index (χ1v) is 6.87. The standard InChI is InChI=1S/C13H17FO2S/c1-3-4-13(12(15)9-14)17(16)11-7-5-10(2)6-8-11/h5-8,13H,3-4,9H2,1-2H3/t13-,17?/m0/s1. The number of alkyl halides is 1. The maximum absolute atomic E-state index is 12.4. The molecule has 94 valence electrons. The van der Waals surface area contributed by atoms with Crippen molar-refractivity contribution >= 4 is 16.6 Å². The lowest BCUT2D eigenvalue weighted by molar-refractivity contribution is -0.119. The number of hydrogen-bond acceptors (Lipinski definition) is 2. The summed E-state index contributed by atoms with van der Waals surface area (Å²) in [5.74, 6) is -0.564. The van der Waals surface area contributed by atoms with Gasteiger partial charge in [-0.25, -0.2) is 4.39 Å². The quantitative estimate of drug-likeness (QED) is 0.784. The van der Waals surface area contributed by atoms with Crippen molar-refractivity contribution in [3.63, 3.8) is 0 Å². The average Bonchev–Trinajstić information content (AvgIpc) is 2.35. The lowest BCUT2D eigenvalue weighted by Gasteiger charge is -2.13. The monoisotopic (exact) mass is 256 g/mol. The second kappa shape index (κ2) is 6.64. The van der Waals surface area contributed by atoms with Crippen molar-refractivity contribution < 1.29 is 13.4 Å². The van der Waals surface area contributed by atoms with Gasteiger partial charge in [-0.1, -0.05) is 31.0 Å². The van der Waals surface area contributed by atoms with E-state index in [4.69, 9.17) is 0 Å². The Morgan fingerprint density at radius 1 is 1.35 bits per heavy atom. The zero-order valence-electron chi connectivity index (χ0n) is 10.1. The van der Waals surface area contributed by atoms with Crippen LogP contribution in [0, 0.1) is 6.92 Å². The molecule has 0 heterocycles. The van der Waals surface area contributed by atoms with Crippen LogP contribution in [-0.2, 0) is 15.6 Å². The second-order valence-electron chi connectivity index (χ2n) is 3.99. The number of benzene rings is 1. The molecule has 1 rings (SSSR count). The largest absolute Gasteiger partial charge is 0.295 e. The maximum Gasteiger partial charge on any atom is 0.179 e. The highest BCUT2D eigenvalue weighted by atomic mass is 32.2. The molecule has 0 aliphatic rings. The molecule has 1 unspecified atom stereocenters. The van der Waals surface area contributed by atoms with E-state index in [1.807, 2.05) is 26.0 Å². The molecule has 0 amide bonds. The average molecular weight is 256 g/mol. The molecule has 1 aromatic rings. The van der Waals surface area contributed by atoms with Crippen molar-refractivity contribution in [2.24, 2.45) is 0 Å². The van der Waals surface area contributed by atoms with Crippen LogP contribution in [0.15, 0.2) is 29.2 Å². The first-order chi connectivity index (χ1) is 8.10. The van der Waals surface area contributed by atoms with E-state index in [0.717, 1.165) is 5.56 Å². The molecule has 0 aromatic heterocycles. The summed E-state index contributed by atoms with van der Waals surface area (Å²) in [7, 11) is -1.45. The molecule has 0 radical (unpaired) electrons. The van der Waals surface area contributed by atoms with E-state index in [1.54, 1.807) is 12.1 Å². The van der Waals surface area contributed by atoms with Crippen LogP contribution in [0.3, 0.4) is 0 Å². The smallest absolute Gasteiger partial charge is 0.179 e. The molecule has 2 nitrogen and oxygen atoms in total. The Bertz CT molecular complexity index is 400. The third-order valence-electron chi connectivity index (χ3n) is 2.55. The van der Waals surface area contributed by atoms with Crippen molar-refractivity contribution in [2.45, 2.75) is 36.8 Å². The van der Waals surface area contributed by atoms with Gasteiger partial charge in [0.25, 0.3) is 0 Å². The van der Waals surface area contributed by atoms with E-state index >= 15 is 0 Å². The summed E-state index contributed by atoms with van der Waals surface area (Å²) in [6.45, 7) is 2.79. The van der Waals surface area contributed by atoms with Crippen molar-refractivity contribution in [1.29, 1.82) is 0 Å². The molecule has 0 aliphatic heterocycles. The summed E-state index contributed by atoms with van der Waals surface area (Å²) in [5, 5.41) is -0.715. The van der Waals surface area contributed by atoms with Crippen molar-refractivity contribution in [3.8, 4) is 0 Å². The number of carbonyl (C=O) groups is 1. The van der Waals surface area contributed by atoms with Gasteiger partial charge in [-0.3, -0.25) is 9.00 Å². The summed E-state index contributed by atoms with van der Waals surface area (Å²) >= 11 is 0. The third kappa shape index (κ3) is 3.73. The van der Waals surface area contributed by atoms with Crippen LogP contribution in [0.4, 0.5) is 4.39 Å². The molecule has 0 bridgehead atoms. The number of carbonyl (C=O) groups excluding carboxylic acids is 1. The number of halogens is 1. The zero-order chi connectivity index (χ0) is 12.8. The van der Waals surface area contributed by atoms with Crippen LogP contribution >= 0.6 is 0 Å². The van der Waals surface area contributed by atoms with Crippen molar-refractivity contribution in [2.75, 3.05) is 6.67 Å². The normalized spacial score (nSPS) is 14.3. The molecule has 4 heteroatoms. The van der Waals surface area contributed by atoms with Gasteiger partial charge in [0.2, 0.25) is 0 Å². The maximum atomic E-state index is 12.4. The number of ketones is 1. The highest BCUT2D eigenvalue weighted by Crippen LogP contribution is 2.17. The lowest BCUT2D eigenvalue weighted by Crippen LogP contribution is -2.27. The predicted octanol–water partition coefficient (Wildman–Crippen LogP) is 2.81. The first kappa shape index (κ1) is 14.0. The van der Waals surface area contributed by atoms with E-state index in [0.29, 0.717) is 17.7 Å². The van der Waals surface area contributed by atoms with Gasteiger partial charge in [0.15, 0.2) is 5.78 Å². The summed E-state index contributed by atoms with van der Waals surface area (Å²) in [5.41, 5.74) is 1.06. The van der Waals surface area contributed by atoms with E-state index in [9.17, 15) is 13.4 Å². The van der Waals surface area contributed by atoms with Gasteiger partial charge < -0.3 is 0 Å². The molecule has 17 heavy (non-hydrogen) atoms. The summed E-state index contributed by atoms with van der Waals surface area (Å²) < 4.78 is 24.6. The van der Waals surface area contributed by atoms with Crippen LogP contribution in [0.1, 0.15) is 25.3 Å². The number of hydrogen-bond donors (Lipinski definition) is 0. The lowest BCUT2D eigenvalue weighted by atomic mass is 10.2. The molecule has 0 aliphatic carbocycles. The number of Topliss-reactive ketones (excluding diaryl/α,β-unsaturated/α-hetero) is 1. The van der Waals surface area contributed by atoms with Gasteiger partial charge in [0.1, 0.15) is 11.9 Å². The predicted molar refractivity (Wildman–Crippen MR) is 67.3 cm³/mol. The summed E-state index contributed by atoms with van der Waals surface area (Å²) in [6.07, 6.45) is 1.18. The molecule has 1 aromatic carbocycles.